The molecule has 2 aromatic carbocycles. The van der Waals surface area contributed by atoms with E-state index in [-0.39, 0.29) is 6.04 Å². The highest BCUT2D eigenvalue weighted by molar-refractivity contribution is 5.78. The lowest BCUT2D eigenvalue weighted by molar-refractivity contribution is 0.408. The SMILES string of the molecule is COc1ccccc1CC(N)c1ccc2ccccc2n1. The van der Waals surface area contributed by atoms with Crippen LogP contribution in [0.2, 0.25) is 0 Å². The Labute approximate surface area is 124 Å². The fourth-order valence-electron chi connectivity index (χ4n) is 2.50. The van der Waals surface area contributed by atoms with Crippen molar-refractivity contribution in [3.63, 3.8) is 0 Å². The molecular formula is C18H18N2O. The van der Waals surface area contributed by atoms with E-state index in [1.165, 1.54) is 0 Å². The summed E-state index contributed by atoms with van der Waals surface area (Å²) in [5.74, 6) is 0.869. The summed E-state index contributed by atoms with van der Waals surface area (Å²) in [7, 11) is 1.68. The third-order valence-corrected chi connectivity index (χ3v) is 3.63. The number of rotatable bonds is 4. The zero-order valence-corrected chi connectivity index (χ0v) is 12.0. The smallest absolute Gasteiger partial charge is 0.122 e. The molecular weight excluding hydrogens is 260 g/mol. The molecule has 3 nitrogen and oxygen atoms in total. The van der Waals surface area contributed by atoms with Crippen LogP contribution in [-0.2, 0) is 6.42 Å². The summed E-state index contributed by atoms with van der Waals surface area (Å²) in [6, 6.07) is 19.9. The normalized spacial score (nSPS) is 12.3. The predicted octanol–water partition coefficient (Wildman–Crippen LogP) is 3.49. The van der Waals surface area contributed by atoms with E-state index in [2.05, 4.69) is 17.1 Å². The van der Waals surface area contributed by atoms with Gasteiger partial charge < -0.3 is 10.5 Å². The molecule has 0 aliphatic carbocycles. The van der Waals surface area contributed by atoms with Crippen LogP contribution in [0.4, 0.5) is 0 Å². The Kier molecular flexibility index (Phi) is 3.84. The summed E-state index contributed by atoms with van der Waals surface area (Å²) in [4.78, 5) is 4.66. The van der Waals surface area contributed by atoms with E-state index in [0.29, 0.717) is 6.42 Å². The molecule has 0 saturated carbocycles. The quantitative estimate of drug-likeness (QED) is 0.794. The van der Waals surface area contributed by atoms with Gasteiger partial charge >= 0.3 is 0 Å². The van der Waals surface area contributed by atoms with Crippen LogP contribution in [0.15, 0.2) is 60.7 Å². The largest absolute Gasteiger partial charge is 0.496 e. The Balaban J connectivity index is 1.88. The lowest BCUT2D eigenvalue weighted by atomic mass is 10.0. The first-order chi connectivity index (χ1) is 10.3. The van der Waals surface area contributed by atoms with Crippen LogP contribution in [0.25, 0.3) is 10.9 Å². The number of methoxy groups -OCH3 is 1. The molecule has 0 aliphatic rings. The highest BCUT2D eigenvalue weighted by Crippen LogP contribution is 2.24. The molecule has 3 rings (SSSR count). The summed E-state index contributed by atoms with van der Waals surface area (Å²) < 4.78 is 5.38. The molecule has 3 heteroatoms. The Morgan fingerprint density at radius 1 is 1.00 bits per heavy atom. The number of pyridine rings is 1. The van der Waals surface area contributed by atoms with Gasteiger partial charge in [0.25, 0.3) is 0 Å². The molecule has 3 aromatic rings. The second-order valence-corrected chi connectivity index (χ2v) is 5.05. The van der Waals surface area contributed by atoms with Gasteiger partial charge in [0, 0.05) is 5.39 Å². The monoisotopic (exact) mass is 278 g/mol. The van der Waals surface area contributed by atoms with Crippen molar-refractivity contribution in [1.82, 2.24) is 4.98 Å². The van der Waals surface area contributed by atoms with Gasteiger partial charge in [-0.25, -0.2) is 0 Å². The number of nitrogens with two attached hydrogens (primary N) is 1. The van der Waals surface area contributed by atoms with E-state index in [1.54, 1.807) is 7.11 Å². The Morgan fingerprint density at radius 2 is 1.76 bits per heavy atom. The summed E-state index contributed by atoms with van der Waals surface area (Å²) in [6.07, 6.45) is 0.704. The number of ether oxygens (including phenoxy) is 1. The number of fused-ring (bicyclic) bond motifs is 1. The minimum atomic E-state index is -0.147. The summed E-state index contributed by atoms with van der Waals surface area (Å²) >= 11 is 0. The van der Waals surface area contributed by atoms with Crippen LogP contribution < -0.4 is 10.5 Å². The average Bonchev–Trinajstić information content (AvgIpc) is 2.55. The molecule has 106 valence electrons. The third-order valence-electron chi connectivity index (χ3n) is 3.63. The number of hydrogen-bond donors (Lipinski definition) is 1. The van der Waals surface area contributed by atoms with Crippen molar-refractivity contribution in [2.75, 3.05) is 7.11 Å². The predicted molar refractivity (Wildman–Crippen MR) is 85.4 cm³/mol. The number of para-hydroxylation sites is 2. The van der Waals surface area contributed by atoms with E-state index >= 15 is 0 Å². The molecule has 1 aromatic heterocycles. The average molecular weight is 278 g/mol. The molecule has 1 unspecified atom stereocenters. The maximum absolute atomic E-state index is 6.32. The topological polar surface area (TPSA) is 48.1 Å². The Bertz CT molecular complexity index is 755. The van der Waals surface area contributed by atoms with Gasteiger partial charge in [-0.3, -0.25) is 4.98 Å². The zero-order chi connectivity index (χ0) is 14.7. The van der Waals surface area contributed by atoms with Gasteiger partial charge in [-0.1, -0.05) is 42.5 Å². The van der Waals surface area contributed by atoms with Crippen molar-refractivity contribution in [1.29, 1.82) is 0 Å². The van der Waals surface area contributed by atoms with Crippen LogP contribution in [-0.4, -0.2) is 12.1 Å². The first-order valence-electron chi connectivity index (χ1n) is 7.01. The fourth-order valence-corrected chi connectivity index (χ4v) is 2.50. The standard InChI is InChI=1S/C18H18N2O/c1-21-18-9-5-3-7-14(18)12-15(19)17-11-10-13-6-2-4-8-16(13)20-17/h2-11,15H,12,19H2,1H3. The second kappa shape index (κ2) is 5.94. The van der Waals surface area contributed by atoms with Crippen molar-refractivity contribution in [2.24, 2.45) is 5.73 Å². The number of benzene rings is 2. The molecule has 0 saturated heterocycles. The van der Waals surface area contributed by atoms with Crippen molar-refractivity contribution in [3.8, 4) is 5.75 Å². The first-order valence-corrected chi connectivity index (χ1v) is 7.01. The number of hydrogen-bond acceptors (Lipinski definition) is 3. The van der Waals surface area contributed by atoms with E-state index in [4.69, 9.17) is 10.5 Å². The van der Waals surface area contributed by atoms with E-state index in [0.717, 1.165) is 27.9 Å². The number of nitrogens with zero attached hydrogens (tertiary/aromatic N) is 1. The van der Waals surface area contributed by atoms with E-state index in [9.17, 15) is 0 Å². The van der Waals surface area contributed by atoms with E-state index in [1.807, 2.05) is 48.5 Å². The van der Waals surface area contributed by atoms with Gasteiger partial charge in [0.2, 0.25) is 0 Å². The number of aromatic nitrogens is 1. The Hall–Kier alpha value is -2.39. The van der Waals surface area contributed by atoms with Crippen molar-refractivity contribution in [2.45, 2.75) is 12.5 Å². The molecule has 1 heterocycles. The lowest BCUT2D eigenvalue weighted by Gasteiger charge is -2.14. The molecule has 1 atom stereocenters. The van der Waals surface area contributed by atoms with Gasteiger partial charge in [0.05, 0.1) is 24.4 Å². The molecule has 0 spiro atoms. The Morgan fingerprint density at radius 3 is 2.62 bits per heavy atom. The minimum Gasteiger partial charge on any atom is -0.496 e. The van der Waals surface area contributed by atoms with Crippen LogP contribution in [0, 0.1) is 0 Å². The van der Waals surface area contributed by atoms with Crippen molar-refractivity contribution < 1.29 is 4.74 Å². The van der Waals surface area contributed by atoms with Crippen LogP contribution in [0.1, 0.15) is 17.3 Å². The fraction of sp³-hybridized carbons (Fsp3) is 0.167. The summed E-state index contributed by atoms with van der Waals surface area (Å²) in [6.45, 7) is 0. The van der Waals surface area contributed by atoms with Crippen molar-refractivity contribution in [3.05, 3.63) is 71.9 Å². The second-order valence-electron chi connectivity index (χ2n) is 5.05. The maximum atomic E-state index is 6.32. The van der Waals surface area contributed by atoms with Crippen LogP contribution in [0.3, 0.4) is 0 Å². The summed E-state index contributed by atoms with van der Waals surface area (Å²) in [5, 5.41) is 1.13. The lowest BCUT2D eigenvalue weighted by Crippen LogP contribution is -2.15. The van der Waals surface area contributed by atoms with Gasteiger partial charge in [-0.15, -0.1) is 0 Å². The van der Waals surface area contributed by atoms with Gasteiger partial charge in [-0.2, -0.15) is 0 Å². The molecule has 0 amide bonds. The summed E-state index contributed by atoms with van der Waals surface area (Å²) in [5.41, 5.74) is 9.30. The van der Waals surface area contributed by atoms with Crippen LogP contribution in [0.5, 0.6) is 5.75 Å². The molecule has 0 fully saturated rings. The molecule has 0 bridgehead atoms. The molecule has 21 heavy (non-hydrogen) atoms. The van der Waals surface area contributed by atoms with Gasteiger partial charge in [0.15, 0.2) is 0 Å². The van der Waals surface area contributed by atoms with E-state index < -0.39 is 0 Å². The third kappa shape index (κ3) is 2.88. The molecule has 0 radical (unpaired) electrons. The zero-order valence-electron chi connectivity index (χ0n) is 12.0. The maximum Gasteiger partial charge on any atom is 0.122 e. The van der Waals surface area contributed by atoms with Crippen molar-refractivity contribution >= 4 is 10.9 Å². The van der Waals surface area contributed by atoms with Gasteiger partial charge in [-0.05, 0) is 30.2 Å². The minimum absolute atomic E-state index is 0.147. The highest BCUT2D eigenvalue weighted by Gasteiger charge is 2.12. The first kappa shape index (κ1) is 13.6. The molecule has 2 N–H and O–H groups in total. The van der Waals surface area contributed by atoms with Crippen LogP contribution >= 0.6 is 0 Å². The van der Waals surface area contributed by atoms with Gasteiger partial charge in [0.1, 0.15) is 5.75 Å². The molecule has 0 aliphatic heterocycles. The highest BCUT2D eigenvalue weighted by atomic mass is 16.5.